The number of ether oxygens (including phenoxy) is 1. The molecule has 2 aliphatic rings. The van der Waals surface area contributed by atoms with Crippen LogP contribution in [0.15, 0.2) is 59.6 Å². The highest BCUT2D eigenvalue weighted by Gasteiger charge is 2.64. The van der Waals surface area contributed by atoms with Crippen molar-refractivity contribution in [2.24, 2.45) is 4.99 Å². The van der Waals surface area contributed by atoms with Crippen LogP contribution in [0.1, 0.15) is 29.8 Å². The number of carbonyl (C=O) groups is 2. The second-order valence-electron chi connectivity index (χ2n) is 9.14. The Balaban J connectivity index is 0.00000380. The Bertz CT molecular complexity index is 1130. The zero-order valence-corrected chi connectivity index (χ0v) is 22.7. The van der Waals surface area contributed by atoms with Gasteiger partial charge in [-0.1, -0.05) is 42.5 Å². The smallest absolute Gasteiger partial charge is 0.328 e. The second kappa shape index (κ2) is 12.1. The Kier molecular flexibility index (Phi) is 9.41. The number of likely N-dealkylation sites (N-methyl/N-ethyl adjacent to an activating group) is 1. The van der Waals surface area contributed by atoms with Gasteiger partial charge in [0.25, 0.3) is 11.9 Å². The quantitative estimate of drug-likeness (QED) is 0.466. The van der Waals surface area contributed by atoms with Gasteiger partial charge in [0.05, 0.1) is 0 Å². The van der Waals surface area contributed by atoms with Crippen LogP contribution in [0.3, 0.4) is 0 Å². The van der Waals surface area contributed by atoms with E-state index in [1.807, 2.05) is 75.6 Å². The van der Waals surface area contributed by atoms with Gasteiger partial charge in [0.1, 0.15) is 11.1 Å². The summed E-state index contributed by atoms with van der Waals surface area (Å²) in [5, 5.41) is 11.7. The monoisotopic (exact) mass is 549 g/mol. The lowest BCUT2D eigenvalue weighted by atomic mass is 9.88. The number of aliphatic hydroxyl groups is 1. The molecule has 2 aromatic rings. The van der Waals surface area contributed by atoms with Gasteiger partial charge in [-0.05, 0) is 50.7 Å². The van der Waals surface area contributed by atoms with E-state index in [1.54, 1.807) is 4.90 Å². The molecule has 3 atom stereocenters. The van der Waals surface area contributed by atoms with Gasteiger partial charge in [-0.25, -0.2) is 9.79 Å². The SMILES string of the molecule is CCN1C(=O)N(CCCO)C(=O)C2N=C(Oc3cccc(CN(C)C)c3)NC21C(Cl)c1ccccc1.Cl. The van der Waals surface area contributed by atoms with Gasteiger partial charge in [0, 0.05) is 26.2 Å². The molecule has 2 aromatic carbocycles. The molecule has 0 radical (unpaired) electrons. The third-order valence-electron chi connectivity index (χ3n) is 6.33. The summed E-state index contributed by atoms with van der Waals surface area (Å²) in [5.41, 5.74) is 0.432. The zero-order chi connectivity index (χ0) is 25.9. The van der Waals surface area contributed by atoms with Crippen molar-refractivity contribution < 1.29 is 19.4 Å². The molecule has 9 nitrogen and oxygen atoms in total. The highest BCUT2D eigenvalue weighted by molar-refractivity contribution is 6.23. The number of urea groups is 1. The number of hydrogen-bond acceptors (Lipinski definition) is 7. The van der Waals surface area contributed by atoms with E-state index in [1.165, 1.54) is 0 Å². The van der Waals surface area contributed by atoms with Crippen molar-refractivity contribution in [1.29, 1.82) is 0 Å². The standard InChI is InChI=1S/C26H32ClN5O4.ClH/c1-4-32-25(35)31(14-9-15-33)23(34)22-26(32,21(27)19-11-6-5-7-12-19)29-24(28-22)36-20-13-8-10-18(16-20)17-30(2)3;/h5-8,10-13,16,21-22,33H,4,9,14-15,17H2,1-3H3,(H,28,29);1H. The predicted molar refractivity (Wildman–Crippen MR) is 145 cm³/mol. The largest absolute Gasteiger partial charge is 0.426 e. The molecule has 0 aliphatic carbocycles. The Morgan fingerprint density at radius 2 is 1.92 bits per heavy atom. The van der Waals surface area contributed by atoms with Gasteiger partial charge in [0.15, 0.2) is 11.7 Å². The van der Waals surface area contributed by atoms with Gasteiger partial charge in [-0.3, -0.25) is 14.6 Å². The Morgan fingerprint density at radius 1 is 1.19 bits per heavy atom. The summed E-state index contributed by atoms with van der Waals surface area (Å²) >= 11 is 7.08. The van der Waals surface area contributed by atoms with Crippen LogP contribution in [0.4, 0.5) is 4.79 Å². The third kappa shape index (κ3) is 5.55. The molecule has 0 bridgehead atoms. The number of alkyl halides is 1. The maximum Gasteiger partial charge on any atom is 0.328 e. The molecule has 2 aliphatic heterocycles. The fourth-order valence-corrected chi connectivity index (χ4v) is 5.21. The highest BCUT2D eigenvalue weighted by Crippen LogP contribution is 2.44. The molecule has 0 aromatic heterocycles. The summed E-state index contributed by atoms with van der Waals surface area (Å²) in [7, 11) is 3.97. The Labute approximate surface area is 228 Å². The Hall–Kier alpha value is -2.85. The van der Waals surface area contributed by atoms with Crippen molar-refractivity contribution in [3.63, 3.8) is 0 Å². The zero-order valence-electron chi connectivity index (χ0n) is 21.1. The van der Waals surface area contributed by atoms with Crippen molar-refractivity contribution in [3.8, 4) is 5.75 Å². The number of imide groups is 1. The van der Waals surface area contributed by atoms with Crippen molar-refractivity contribution in [2.45, 2.75) is 37.0 Å². The number of benzene rings is 2. The third-order valence-corrected chi connectivity index (χ3v) is 6.91. The summed E-state index contributed by atoms with van der Waals surface area (Å²) < 4.78 is 6.11. The number of aliphatic imine (C=N–C) groups is 1. The number of carbonyl (C=O) groups excluding carboxylic acids is 2. The first-order valence-electron chi connectivity index (χ1n) is 12.0. The molecule has 1 fully saturated rings. The van der Waals surface area contributed by atoms with Crippen LogP contribution in [-0.4, -0.2) is 83.3 Å². The van der Waals surface area contributed by atoms with Crippen LogP contribution in [-0.2, 0) is 11.3 Å². The van der Waals surface area contributed by atoms with Gasteiger partial charge in [-0.2, -0.15) is 0 Å². The predicted octanol–water partition coefficient (Wildman–Crippen LogP) is 3.22. The lowest BCUT2D eigenvalue weighted by Gasteiger charge is -2.51. The summed E-state index contributed by atoms with van der Waals surface area (Å²) in [6.07, 6.45) is 0.275. The lowest BCUT2D eigenvalue weighted by Crippen LogP contribution is -2.75. The summed E-state index contributed by atoms with van der Waals surface area (Å²) in [6, 6.07) is 15.5. The molecule has 1 saturated heterocycles. The van der Waals surface area contributed by atoms with E-state index in [9.17, 15) is 14.7 Å². The van der Waals surface area contributed by atoms with Gasteiger partial charge in [0.2, 0.25) is 0 Å². The van der Waals surface area contributed by atoms with E-state index >= 15 is 0 Å². The maximum atomic E-state index is 13.6. The number of hydrogen-bond donors (Lipinski definition) is 2. The number of fused-ring (bicyclic) bond motifs is 1. The molecule has 11 heteroatoms. The number of amides is 3. The summed E-state index contributed by atoms with van der Waals surface area (Å²) in [6.45, 7) is 2.80. The Morgan fingerprint density at radius 3 is 2.57 bits per heavy atom. The molecule has 0 spiro atoms. The molecule has 2 N–H and O–H groups in total. The van der Waals surface area contributed by atoms with Crippen LogP contribution >= 0.6 is 24.0 Å². The molecular weight excluding hydrogens is 517 g/mol. The number of amidine groups is 1. The van der Waals surface area contributed by atoms with E-state index < -0.39 is 29.0 Å². The minimum absolute atomic E-state index is 0. The van der Waals surface area contributed by atoms with Gasteiger partial charge >= 0.3 is 6.03 Å². The normalized spacial score (nSPS) is 21.8. The first kappa shape index (κ1) is 28.7. The minimum atomic E-state index is -1.36. The summed E-state index contributed by atoms with van der Waals surface area (Å²) in [5.74, 6) is 0.0754. The number of rotatable bonds is 9. The number of nitrogens with zero attached hydrogens (tertiary/aromatic N) is 4. The molecule has 2 heterocycles. The number of aliphatic hydroxyl groups excluding tert-OH is 1. The maximum absolute atomic E-state index is 13.6. The molecule has 3 unspecified atom stereocenters. The van der Waals surface area contributed by atoms with Crippen molar-refractivity contribution in [2.75, 3.05) is 33.8 Å². The van der Waals surface area contributed by atoms with Crippen LogP contribution in [0, 0.1) is 0 Å². The van der Waals surface area contributed by atoms with Crippen LogP contribution in [0.5, 0.6) is 5.75 Å². The van der Waals surface area contributed by atoms with Crippen molar-refractivity contribution in [1.82, 2.24) is 20.0 Å². The molecule has 4 rings (SSSR count). The van der Waals surface area contributed by atoms with Gasteiger partial charge < -0.3 is 20.1 Å². The molecule has 0 saturated carbocycles. The van der Waals surface area contributed by atoms with Gasteiger partial charge in [-0.15, -0.1) is 24.0 Å². The fraction of sp³-hybridized carbons (Fsp3) is 0.423. The van der Waals surface area contributed by atoms with E-state index in [0.29, 0.717) is 5.75 Å². The second-order valence-corrected chi connectivity index (χ2v) is 9.58. The first-order valence-corrected chi connectivity index (χ1v) is 12.5. The average Bonchev–Trinajstić information content (AvgIpc) is 3.24. The summed E-state index contributed by atoms with van der Waals surface area (Å²) in [4.78, 5) is 36.5. The highest BCUT2D eigenvalue weighted by atomic mass is 35.5. The molecule has 3 amide bonds. The van der Waals surface area contributed by atoms with E-state index in [-0.39, 0.29) is 44.5 Å². The fourth-order valence-electron chi connectivity index (χ4n) is 4.77. The molecular formula is C26H33Cl2N5O4. The molecule has 37 heavy (non-hydrogen) atoms. The topological polar surface area (TPSA) is 97.7 Å². The van der Waals surface area contributed by atoms with E-state index in [2.05, 4.69) is 15.2 Å². The van der Waals surface area contributed by atoms with Crippen LogP contribution in [0.25, 0.3) is 0 Å². The van der Waals surface area contributed by atoms with Crippen LogP contribution in [0.2, 0.25) is 0 Å². The van der Waals surface area contributed by atoms with Crippen LogP contribution < -0.4 is 10.1 Å². The number of nitrogens with one attached hydrogen (secondary N) is 1. The molecule has 200 valence electrons. The average molecular weight is 550 g/mol. The number of halogens is 2. The van der Waals surface area contributed by atoms with Crippen molar-refractivity contribution in [3.05, 3.63) is 65.7 Å². The van der Waals surface area contributed by atoms with E-state index in [4.69, 9.17) is 16.3 Å². The van der Waals surface area contributed by atoms with Crippen molar-refractivity contribution >= 4 is 42.0 Å². The van der Waals surface area contributed by atoms with E-state index in [0.717, 1.165) is 22.6 Å². The lowest BCUT2D eigenvalue weighted by molar-refractivity contribution is -0.138. The first-order chi connectivity index (χ1) is 17.3. The minimum Gasteiger partial charge on any atom is -0.426 e.